The predicted molar refractivity (Wildman–Crippen MR) is 101 cm³/mol. The van der Waals surface area contributed by atoms with Crippen LogP contribution in [0.5, 0.6) is 0 Å². The van der Waals surface area contributed by atoms with Gasteiger partial charge in [0, 0.05) is 32.3 Å². The molecule has 0 amide bonds. The van der Waals surface area contributed by atoms with Crippen molar-refractivity contribution in [2.75, 3.05) is 19.0 Å². The average molecular weight is 394 g/mol. The molecule has 0 saturated carbocycles. The van der Waals surface area contributed by atoms with Crippen LogP contribution in [0.2, 0.25) is 0 Å². The number of hydrogen-bond acceptors (Lipinski definition) is 5. The predicted octanol–water partition coefficient (Wildman–Crippen LogP) is 3.57. The number of aryl methyl sites for hydroxylation is 1. The second-order valence-electron chi connectivity index (χ2n) is 7.76. The molecule has 0 spiro atoms. The van der Waals surface area contributed by atoms with Crippen LogP contribution in [0.15, 0.2) is 30.3 Å². The Hall–Kier alpha value is -2.19. The van der Waals surface area contributed by atoms with Crippen LogP contribution in [0.1, 0.15) is 48.3 Å². The highest BCUT2D eigenvalue weighted by Gasteiger charge is 2.40. The maximum atomic E-state index is 12.9. The van der Waals surface area contributed by atoms with Crippen LogP contribution in [-0.4, -0.2) is 35.2 Å². The molecule has 2 N–H and O–H groups in total. The summed E-state index contributed by atoms with van der Waals surface area (Å²) in [6.07, 6.45) is -3.68. The zero-order valence-corrected chi connectivity index (χ0v) is 16.4. The van der Waals surface area contributed by atoms with E-state index < -0.39 is 17.3 Å². The zero-order valence-electron chi connectivity index (χ0n) is 16.4. The summed E-state index contributed by atoms with van der Waals surface area (Å²) < 4.78 is 38.6. The second-order valence-corrected chi connectivity index (χ2v) is 7.76. The molecule has 152 valence electrons. The van der Waals surface area contributed by atoms with Crippen molar-refractivity contribution in [2.24, 2.45) is 0 Å². The lowest BCUT2D eigenvalue weighted by atomic mass is 9.78. The first-order chi connectivity index (χ1) is 13.0. The van der Waals surface area contributed by atoms with E-state index in [1.54, 1.807) is 0 Å². The Labute approximate surface area is 162 Å². The SMILES string of the molecule is Cc1cc([C@@H]2CC(O)(c3ccc(C(F)(F)F)cc3)C[C@H](C)N2)nc(N(C)C)n1. The lowest BCUT2D eigenvalue weighted by Gasteiger charge is -2.41. The minimum absolute atomic E-state index is 0.0379. The molecule has 28 heavy (non-hydrogen) atoms. The molecule has 2 aromatic rings. The Bertz CT molecular complexity index is 838. The van der Waals surface area contributed by atoms with Gasteiger partial charge >= 0.3 is 6.18 Å². The Morgan fingerprint density at radius 3 is 2.36 bits per heavy atom. The maximum Gasteiger partial charge on any atom is 0.416 e. The van der Waals surface area contributed by atoms with Gasteiger partial charge in [-0.05, 0) is 44.0 Å². The average Bonchev–Trinajstić information content (AvgIpc) is 2.60. The van der Waals surface area contributed by atoms with Crippen LogP contribution in [0.4, 0.5) is 19.1 Å². The molecule has 1 aliphatic heterocycles. The van der Waals surface area contributed by atoms with E-state index in [-0.39, 0.29) is 12.1 Å². The lowest BCUT2D eigenvalue weighted by molar-refractivity contribution is -0.137. The van der Waals surface area contributed by atoms with Gasteiger partial charge in [0.1, 0.15) is 0 Å². The number of rotatable bonds is 3. The fourth-order valence-electron chi connectivity index (χ4n) is 3.74. The van der Waals surface area contributed by atoms with Crippen molar-refractivity contribution in [3.63, 3.8) is 0 Å². The molecular weight excluding hydrogens is 369 g/mol. The molecule has 3 rings (SSSR count). The van der Waals surface area contributed by atoms with Gasteiger partial charge in [-0.15, -0.1) is 0 Å². The number of piperidine rings is 1. The van der Waals surface area contributed by atoms with Crippen LogP contribution in [0.3, 0.4) is 0 Å². The zero-order chi connectivity index (χ0) is 20.7. The summed E-state index contributed by atoms with van der Waals surface area (Å²) in [4.78, 5) is 10.8. The summed E-state index contributed by atoms with van der Waals surface area (Å²) in [6.45, 7) is 3.83. The van der Waals surface area contributed by atoms with Crippen molar-refractivity contribution in [2.45, 2.75) is 50.6 Å². The van der Waals surface area contributed by atoms with E-state index in [0.29, 0.717) is 24.4 Å². The number of hydrogen-bond donors (Lipinski definition) is 2. The van der Waals surface area contributed by atoms with Gasteiger partial charge in [-0.25, -0.2) is 9.97 Å². The first-order valence-corrected chi connectivity index (χ1v) is 9.17. The van der Waals surface area contributed by atoms with Crippen LogP contribution < -0.4 is 10.2 Å². The number of aromatic nitrogens is 2. The van der Waals surface area contributed by atoms with Gasteiger partial charge in [-0.1, -0.05) is 12.1 Å². The Morgan fingerprint density at radius 1 is 1.14 bits per heavy atom. The van der Waals surface area contributed by atoms with Crippen molar-refractivity contribution >= 4 is 5.95 Å². The molecule has 1 aromatic heterocycles. The second kappa shape index (κ2) is 7.33. The smallest absolute Gasteiger partial charge is 0.385 e. The van der Waals surface area contributed by atoms with Crippen molar-refractivity contribution in [1.82, 2.24) is 15.3 Å². The van der Waals surface area contributed by atoms with Gasteiger partial charge in [-0.2, -0.15) is 13.2 Å². The molecule has 2 heterocycles. The quantitative estimate of drug-likeness (QED) is 0.834. The molecule has 0 radical (unpaired) electrons. The Balaban J connectivity index is 1.92. The molecule has 3 atom stereocenters. The largest absolute Gasteiger partial charge is 0.416 e. The number of nitrogens with one attached hydrogen (secondary N) is 1. The molecule has 1 saturated heterocycles. The summed E-state index contributed by atoms with van der Waals surface area (Å²) in [5.74, 6) is 0.577. The molecule has 0 bridgehead atoms. The summed E-state index contributed by atoms with van der Waals surface area (Å²) >= 11 is 0. The number of aliphatic hydroxyl groups is 1. The summed E-state index contributed by atoms with van der Waals surface area (Å²) in [7, 11) is 3.71. The Morgan fingerprint density at radius 2 is 1.79 bits per heavy atom. The van der Waals surface area contributed by atoms with Gasteiger partial charge in [0.2, 0.25) is 5.95 Å². The van der Waals surface area contributed by atoms with Crippen LogP contribution in [0, 0.1) is 6.92 Å². The topological polar surface area (TPSA) is 61.3 Å². The van der Waals surface area contributed by atoms with Gasteiger partial charge in [0.15, 0.2) is 0 Å². The summed E-state index contributed by atoms with van der Waals surface area (Å²) in [6, 6.07) is 6.38. The standard InChI is InChI=1S/C20H25F3N4O/c1-12-9-16(26-18(25-12)27(3)4)17-11-19(28,10-13(2)24-17)14-5-7-15(8-6-14)20(21,22)23/h5-9,13,17,24,28H,10-11H2,1-4H3/t13-,17-,19?/m0/s1. The molecule has 1 aliphatic rings. The van der Waals surface area contributed by atoms with Gasteiger partial charge < -0.3 is 15.3 Å². The number of anilines is 1. The molecule has 8 heteroatoms. The minimum atomic E-state index is -4.40. The molecule has 0 aliphatic carbocycles. The van der Waals surface area contributed by atoms with E-state index in [4.69, 9.17) is 0 Å². The van der Waals surface area contributed by atoms with Crippen molar-refractivity contribution in [3.05, 3.63) is 52.8 Å². The highest BCUT2D eigenvalue weighted by Crippen LogP contribution is 2.41. The summed E-state index contributed by atoms with van der Waals surface area (Å²) in [5, 5.41) is 14.7. The van der Waals surface area contributed by atoms with E-state index in [2.05, 4.69) is 15.3 Å². The number of halogens is 3. The molecular formula is C20H25F3N4O. The van der Waals surface area contributed by atoms with E-state index in [1.165, 1.54) is 12.1 Å². The van der Waals surface area contributed by atoms with Crippen molar-refractivity contribution < 1.29 is 18.3 Å². The molecule has 1 fully saturated rings. The third kappa shape index (κ3) is 4.28. The highest BCUT2D eigenvalue weighted by molar-refractivity contribution is 5.33. The third-order valence-corrected chi connectivity index (χ3v) is 5.04. The lowest BCUT2D eigenvalue weighted by Crippen LogP contribution is -2.47. The highest BCUT2D eigenvalue weighted by atomic mass is 19.4. The fourth-order valence-corrected chi connectivity index (χ4v) is 3.74. The number of alkyl halides is 3. The number of nitrogens with zero attached hydrogens (tertiary/aromatic N) is 3. The maximum absolute atomic E-state index is 12.9. The normalized spacial score (nSPS) is 25.6. The number of benzene rings is 1. The van der Waals surface area contributed by atoms with Gasteiger partial charge in [0.05, 0.1) is 22.9 Å². The van der Waals surface area contributed by atoms with E-state index in [0.717, 1.165) is 23.5 Å². The Kier molecular flexibility index (Phi) is 5.38. The van der Waals surface area contributed by atoms with E-state index in [9.17, 15) is 18.3 Å². The first-order valence-electron chi connectivity index (χ1n) is 9.17. The van der Waals surface area contributed by atoms with Crippen molar-refractivity contribution in [3.8, 4) is 0 Å². The van der Waals surface area contributed by atoms with Crippen LogP contribution in [-0.2, 0) is 11.8 Å². The van der Waals surface area contributed by atoms with Gasteiger partial charge in [-0.3, -0.25) is 0 Å². The first kappa shape index (κ1) is 20.5. The summed E-state index contributed by atoms with van der Waals surface area (Å²) in [5.41, 5.74) is 0.0918. The van der Waals surface area contributed by atoms with E-state index >= 15 is 0 Å². The molecule has 1 unspecified atom stereocenters. The third-order valence-electron chi connectivity index (χ3n) is 5.04. The van der Waals surface area contributed by atoms with Crippen LogP contribution in [0.25, 0.3) is 0 Å². The monoisotopic (exact) mass is 394 g/mol. The molecule has 1 aromatic carbocycles. The van der Waals surface area contributed by atoms with E-state index in [1.807, 2.05) is 38.9 Å². The minimum Gasteiger partial charge on any atom is -0.385 e. The van der Waals surface area contributed by atoms with Crippen LogP contribution >= 0.6 is 0 Å². The fraction of sp³-hybridized carbons (Fsp3) is 0.500. The van der Waals surface area contributed by atoms with Gasteiger partial charge in [0.25, 0.3) is 0 Å². The molecule has 5 nitrogen and oxygen atoms in total. The van der Waals surface area contributed by atoms with Crippen molar-refractivity contribution in [1.29, 1.82) is 0 Å².